The van der Waals surface area contributed by atoms with Crippen molar-refractivity contribution in [3.8, 4) is 0 Å². The van der Waals surface area contributed by atoms with Crippen molar-refractivity contribution in [2.24, 2.45) is 5.92 Å². The van der Waals surface area contributed by atoms with Crippen LogP contribution in [0, 0.1) is 5.92 Å². The van der Waals surface area contributed by atoms with Crippen molar-refractivity contribution in [3.05, 3.63) is 0 Å². The molecule has 0 aliphatic carbocycles. The number of aliphatic carboxylic acids is 1. The lowest BCUT2D eigenvalue weighted by molar-refractivity contribution is -0.137. The number of carboxylic acid groups (broad SMARTS) is 1. The van der Waals surface area contributed by atoms with Crippen LogP contribution in [0.1, 0.15) is 27.2 Å². The van der Waals surface area contributed by atoms with Gasteiger partial charge in [0.1, 0.15) is 6.54 Å². The normalized spacial score (nSPS) is 12.3. The highest BCUT2D eigenvalue weighted by molar-refractivity contribution is 7.89. The number of hydrogen-bond donors (Lipinski definition) is 1. The Morgan fingerprint density at radius 3 is 2.27 bits per heavy atom. The third-order valence-corrected chi connectivity index (χ3v) is 3.94. The van der Waals surface area contributed by atoms with E-state index in [1.54, 1.807) is 6.92 Å². The van der Waals surface area contributed by atoms with Gasteiger partial charge in [-0.1, -0.05) is 20.8 Å². The second-order valence-electron chi connectivity index (χ2n) is 3.82. The van der Waals surface area contributed by atoms with Gasteiger partial charge in [-0.3, -0.25) is 4.79 Å². The van der Waals surface area contributed by atoms with Gasteiger partial charge >= 0.3 is 5.97 Å². The van der Waals surface area contributed by atoms with Crippen molar-refractivity contribution in [2.45, 2.75) is 27.2 Å². The fraction of sp³-hybridized carbons (Fsp3) is 0.889. The Balaban J connectivity index is 4.45. The summed E-state index contributed by atoms with van der Waals surface area (Å²) >= 11 is 0. The first kappa shape index (κ1) is 14.4. The number of hydrogen-bond acceptors (Lipinski definition) is 3. The van der Waals surface area contributed by atoms with E-state index in [2.05, 4.69) is 0 Å². The average molecular weight is 237 g/mol. The van der Waals surface area contributed by atoms with E-state index in [9.17, 15) is 13.2 Å². The second-order valence-corrected chi connectivity index (χ2v) is 5.91. The highest BCUT2D eigenvalue weighted by atomic mass is 32.2. The topological polar surface area (TPSA) is 74.7 Å². The summed E-state index contributed by atoms with van der Waals surface area (Å²) in [6.07, 6.45) is 0.554. The molecule has 0 fully saturated rings. The monoisotopic (exact) mass is 237 g/mol. The maximum Gasteiger partial charge on any atom is 0.318 e. The molecular formula is C9H19NO4S. The van der Waals surface area contributed by atoms with Gasteiger partial charge < -0.3 is 5.11 Å². The smallest absolute Gasteiger partial charge is 0.318 e. The number of likely N-dealkylation sites (N-methyl/N-ethyl adjacent to an activating group) is 1. The van der Waals surface area contributed by atoms with Gasteiger partial charge in [0.25, 0.3) is 0 Å². The quantitative estimate of drug-likeness (QED) is 0.709. The van der Waals surface area contributed by atoms with Crippen LogP contribution in [0.3, 0.4) is 0 Å². The van der Waals surface area contributed by atoms with Crippen LogP contribution in [0.2, 0.25) is 0 Å². The fourth-order valence-electron chi connectivity index (χ4n) is 1.07. The molecule has 0 heterocycles. The molecule has 0 saturated carbocycles. The van der Waals surface area contributed by atoms with Crippen molar-refractivity contribution < 1.29 is 18.3 Å². The minimum atomic E-state index is -3.41. The van der Waals surface area contributed by atoms with E-state index in [4.69, 9.17) is 5.11 Å². The molecule has 0 aromatic heterocycles. The standard InChI is InChI=1S/C9H19NO4S/c1-4-10(7-9(11)12)15(13,14)6-5-8(2)3/h8H,4-7H2,1-3H3,(H,11,12). The van der Waals surface area contributed by atoms with Crippen molar-refractivity contribution >= 4 is 16.0 Å². The van der Waals surface area contributed by atoms with Crippen LogP contribution in [0.5, 0.6) is 0 Å². The summed E-state index contributed by atoms with van der Waals surface area (Å²) in [6.45, 7) is 5.26. The molecule has 1 N–H and O–H groups in total. The van der Waals surface area contributed by atoms with Crippen LogP contribution < -0.4 is 0 Å². The lowest BCUT2D eigenvalue weighted by Gasteiger charge is -2.18. The first-order valence-corrected chi connectivity index (χ1v) is 6.60. The molecule has 0 aliphatic heterocycles. The van der Waals surface area contributed by atoms with Gasteiger partial charge in [-0.05, 0) is 12.3 Å². The van der Waals surface area contributed by atoms with Gasteiger partial charge in [0.2, 0.25) is 10.0 Å². The summed E-state index contributed by atoms with van der Waals surface area (Å²) in [6, 6.07) is 0. The maximum absolute atomic E-state index is 11.7. The van der Waals surface area contributed by atoms with Gasteiger partial charge in [-0.2, -0.15) is 4.31 Å². The highest BCUT2D eigenvalue weighted by Crippen LogP contribution is 2.07. The predicted octanol–water partition coefficient (Wildman–Crippen LogP) is 0.769. The molecule has 5 nitrogen and oxygen atoms in total. The lowest BCUT2D eigenvalue weighted by atomic mass is 10.2. The Kier molecular flexibility index (Phi) is 5.82. The molecule has 0 aromatic carbocycles. The third-order valence-electron chi connectivity index (χ3n) is 2.01. The van der Waals surface area contributed by atoms with Crippen LogP contribution in [0.15, 0.2) is 0 Å². The third kappa shape index (κ3) is 5.74. The van der Waals surface area contributed by atoms with Crippen LogP contribution in [-0.4, -0.2) is 42.6 Å². The zero-order valence-corrected chi connectivity index (χ0v) is 10.2. The van der Waals surface area contributed by atoms with Crippen molar-refractivity contribution in [3.63, 3.8) is 0 Å². The summed E-state index contributed by atoms with van der Waals surface area (Å²) in [5.41, 5.74) is 0. The second kappa shape index (κ2) is 6.07. The van der Waals surface area contributed by atoms with E-state index < -0.39 is 22.5 Å². The first-order chi connectivity index (χ1) is 6.79. The van der Waals surface area contributed by atoms with Gasteiger partial charge in [0, 0.05) is 6.54 Å². The van der Waals surface area contributed by atoms with Crippen molar-refractivity contribution in [1.29, 1.82) is 0 Å². The summed E-state index contributed by atoms with van der Waals surface area (Å²) in [5, 5.41) is 8.55. The molecule has 0 atom stereocenters. The Hall–Kier alpha value is -0.620. The molecule has 0 unspecified atom stereocenters. The van der Waals surface area contributed by atoms with Crippen LogP contribution in [-0.2, 0) is 14.8 Å². The molecule has 0 rings (SSSR count). The van der Waals surface area contributed by atoms with Crippen molar-refractivity contribution in [2.75, 3.05) is 18.8 Å². The number of sulfonamides is 1. The molecule has 15 heavy (non-hydrogen) atoms. The number of carbonyl (C=O) groups is 1. The molecule has 0 aliphatic rings. The zero-order chi connectivity index (χ0) is 12.1. The Bertz CT molecular complexity index is 297. The molecule has 0 amide bonds. The Morgan fingerprint density at radius 2 is 1.93 bits per heavy atom. The molecular weight excluding hydrogens is 218 g/mol. The predicted molar refractivity (Wildman–Crippen MR) is 58.1 cm³/mol. The van der Waals surface area contributed by atoms with Crippen LogP contribution in [0.4, 0.5) is 0 Å². The Morgan fingerprint density at radius 1 is 1.40 bits per heavy atom. The van der Waals surface area contributed by atoms with Crippen molar-refractivity contribution in [1.82, 2.24) is 4.31 Å². The van der Waals surface area contributed by atoms with E-state index in [-0.39, 0.29) is 12.3 Å². The molecule has 0 bridgehead atoms. The molecule has 0 spiro atoms. The molecule has 0 radical (unpaired) electrons. The Labute approximate surface area is 91.1 Å². The van der Waals surface area contributed by atoms with E-state index in [0.717, 1.165) is 4.31 Å². The van der Waals surface area contributed by atoms with Crippen LogP contribution in [0.25, 0.3) is 0 Å². The average Bonchev–Trinajstić information content (AvgIpc) is 2.10. The van der Waals surface area contributed by atoms with Crippen LogP contribution >= 0.6 is 0 Å². The highest BCUT2D eigenvalue weighted by Gasteiger charge is 2.22. The molecule has 0 saturated heterocycles. The first-order valence-electron chi connectivity index (χ1n) is 4.99. The molecule has 90 valence electrons. The summed E-state index contributed by atoms with van der Waals surface area (Å²) < 4.78 is 24.3. The van der Waals surface area contributed by atoms with Gasteiger partial charge in [0.15, 0.2) is 0 Å². The maximum atomic E-state index is 11.7. The summed E-state index contributed by atoms with van der Waals surface area (Å²) in [7, 11) is -3.41. The zero-order valence-electron chi connectivity index (χ0n) is 9.43. The number of carboxylic acids is 1. The van der Waals surface area contributed by atoms with Gasteiger partial charge in [-0.15, -0.1) is 0 Å². The minimum Gasteiger partial charge on any atom is -0.480 e. The molecule has 0 aromatic rings. The van der Waals surface area contributed by atoms with E-state index in [0.29, 0.717) is 12.3 Å². The lowest BCUT2D eigenvalue weighted by Crippen LogP contribution is -2.37. The van der Waals surface area contributed by atoms with Gasteiger partial charge in [-0.25, -0.2) is 8.42 Å². The SMILES string of the molecule is CCN(CC(=O)O)S(=O)(=O)CCC(C)C. The number of rotatable bonds is 7. The summed E-state index contributed by atoms with van der Waals surface area (Å²) in [5.74, 6) is -0.806. The minimum absolute atomic E-state index is 0.0196. The van der Waals surface area contributed by atoms with E-state index >= 15 is 0 Å². The molecule has 6 heteroatoms. The largest absolute Gasteiger partial charge is 0.480 e. The fourth-order valence-corrected chi connectivity index (χ4v) is 2.80. The summed E-state index contributed by atoms with van der Waals surface area (Å²) in [4.78, 5) is 10.4. The van der Waals surface area contributed by atoms with E-state index in [1.165, 1.54) is 0 Å². The van der Waals surface area contributed by atoms with Gasteiger partial charge in [0.05, 0.1) is 5.75 Å². The number of nitrogens with zero attached hydrogens (tertiary/aromatic N) is 1. The van der Waals surface area contributed by atoms with E-state index in [1.807, 2.05) is 13.8 Å².